The molecule has 1 amide bonds. The number of anilines is 2. The van der Waals surface area contributed by atoms with Crippen LogP contribution in [0.15, 0.2) is 36.4 Å². The number of hydrogen-bond donors (Lipinski definition) is 1. The molecule has 0 saturated carbocycles. The molecule has 20 heavy (non-hydrogen) atoms. The van der Waals surface area contributed by atoms with Crippen LogP contribution in [0.1, 0.15) is 15.9 Å². The third kappa shape index (κ3) is 1.91. The summed E-state index contributed by atoms with van der Waals surface area (Å²) in [5.74, 6) is -2.17. The minimum Gasteiger partial charge on any atom is -0.396 e. The fraction of sp³-hybridized carbons (Fsp3) is 0.133. The Labute approximate surface area is 114 Å². The Morgan fingerprint density at radius 2 is 1.95 bits per heavy atom. The normalized spacial score (nSPS) is 13.4. The average Bonchev–Trinajstić information content (AvgIpc) is 2.86. The Kier molecular flexibility index (Phi) is 2.89. The molecule has 0 atom stereocenters. The van der Waals surface area contributed by atoms with Crippen molar-refractivity contribution in [2.45, 2.75) is 6.42 Å². The lowest BCUT2D eigenvalue weighted by Crippen LogP contribution is -2.30. The van der Waals surface area contributed by atoms with E-state index in [1.165, 1.54) is 4.90 Å². The van der Waals surface area contributed by atoms with Crippen molar-refractivity contribution < 1.29 is 13.6 Å². The molecular weight excluding hydrogens is 262 g/mol. The number of nitrogens with two attached hydrogens (primary N) is 1. The Morgan fingerprint density at radius 1 is 1.20 bits per heavy atom. The van der Waals surface area contributed by atoms with E-state index in [1.54, 1.807) is 12.1 Å². The van der Waals surface area contributed by atoms with Gasteiger partial charge in [-0.1, -0.05) is 18.2 Å². The second-order valence-corrected chi connectivity index (χ2v) is 4.69. The van der Waals surface area contributed by atoms with Gasteiger partial charge in [0.15, 0.2) is 5.82 Å². The van der Waals surface area contributed by atoms with Crippen LogP contribution in [-0.4, -0.2) is 12.5 Å². The summed E-state index contributed by atoms with van der Waals surface area (Å²) >= 11 is 0. The summed E-state index contributed by atoms with van der Waals surface area (Å²) in [6.45, 7) is 0.452. The molecule has 0 bridgehead atoms. The zero-order chi connectivity index (χ0) is 14.3. The number of fused-ring (bicyclic) bond motifs is 1. The molecule has 2 N–H and O–H groups in total. The molecule has 1 heterocycles. The smallest absolute Gasteiger partial charge is 0.261 e. The summed E-state index contributed by atoms with van der Waals surface area (Å²) < 4.78 is 27.3. The van der Waals surface area contributed by atoms with Crippen molar-refractivity contribution >= 4 is 17.3 Å². The molecule has 0 radical (unpaired) electrons. The summed E-state index contributed by atoms with van der Waals surface area (Å²) in [6.07, 6.45) is 0.703. The van der Waals surface area contributed by atoms with Gasteiger partial charge in [0.1, 0.15) is 5.82 Å². The molecule has 5 heteroatoms. The Morgan fingerprint density at radius 3 is 2.75 bits per heavy atom. The first-order valence-corrected chi connectivity index (χ1v) is 6.22. The van der Waals surface area contributed by atoms with Gasteiger partial charge >= 0.3 is 0 Å². The number of carbonyl (C=O) groups is 1. The van der Waals surface area contributed by atoms with E-state index in [9.17, 15) is 13.6 Å². The molecule has 2 aromatic carbocycles. The number of rotatable bonds is 1. The van der Waals surface area contributed by atoms with Crippen molar-refractivity contribution in [3.8, 4) is 0 Å². The average molecular weight is 274 g/mol. The first-order valence-electron chi connectivity index (χ1n) is 6.22. The molecule has 3 nitrogen and oxygen atoms in total. The molecular formula is C15H12F2N2O. The van der Waals surface area contributed by atoms with Crippen LogP contribution in [0.5, 0.6) is 0 Å². The van der Waals surface area contributed by atoms with Crippen LogP contribution in [0.4, 0.5) is 20.2 Å². The van der Waals surface area contributed by atoms with Gasteiger partial charge < -0.3 is 10.6 Å². The maximum Gasteiger partial charge on any atom is 0.261 e. The van der Waals surface area contributed by atoms with Crippen LogP contribution in [0, 0.1) is 11.6 Å². The van der Waals surface area contributed by atoms with E-state index in [0.29, 0.717) is 13.0 Å². The standard InChI is InChI=1S/C15H12F2N2O/c16-10-7-11(14(17)12(18)8-10)15(20)19-6-5-9-3-1-2-4-13(9)19/h1-4,7-8H,5-6,18H2. The summed E-state index contributed by atoms with van der Waals surface area (Å²) in [4.78, 5) is 13.8. The molecule has 0 unspecified atom stereocenters. The van der Waals surface area contributed by atoms with Gasteiger partial charge in [-0.05, 0) is 30.2 Å². The number of hydrogen-bond acceptors (Lipinski definition) is 2. The van der Waals surface area contributed by atoms with E-state index in [0.717, 1.165) is 23.4 Å². The van der Waals surface area contributed by atoms with E-state index in [2.05, 4.69) is 0 Å². The highest BCUT2D eigenvalue weighted by Gasteiger charge is 2.28. The summed E-state index contributed by atoms with van der Waals surface area (Å²) in [5, 5.41) is 0. The summed E-state index contributed by atoms with van der Waals surface area (Å²) in [5.41, 5.74) is 6.43. The van der Waals surface area contributed by atoms with Crippen molar-refractivity contribution in [3.63, 3.8) is 0 Å². The zero-order valence-corrected chi connectivity index (χ0v) is 10.6. The minimum absolute atomic E-state index is 0.334. The number of nitrogen functional groups attached to an aromatic ring is 1. The number of nitrogens with zero attached hydrogens (tertiary/aromatic N) is 1. The molecule has 1 aliphatic heterocycles. The lowest BCUT2D eigenvalue weighted by atomic mass is 10.1. The van der Waals surface area contributed by atoms with Crippen LogP contribution in [-0.2, 0) is 6.42 Å². The van der Waals surface area contributed by atoms with Crippen LogP contribution < -0.4 is 10.6 Å². The number of amides is 1. The first-order chi connectivity index (χ1) is 9.58. The van der Waals surface area contributed by atoms with Crippen LogP contribution in [0.2, 0.25) is 0 Å². The van der Waals surface area contributed by atoms with Gasteiger partial charge in [-0.25, -0.2) is 8.78 Å². The number of para-hydroxylation sites is 1. The van der Waals surface area contributed by atoms with Gasteiger partial charge in [0.2, 0.25) is 0 Å². The minimum atomic E-state index is -0.874. The highest BCUT2D eigenvalue weighted by atomic mass is 19.1. The monoisotopic (exact) mass is 274 g/mol. The maximum atomic E-state index is 13.9. The van der Waals surface area contributed by atoms with E-state index in [1.807, 2.05) is 12.1 Å². The van der Waals surface area contributed by atoms with E-state index >= 15 is 0 Å². The third-order valence-electron chi connectivity index (χ3n) is 3.43. The maximum absolute atomic E-state index is 13.9. The molecule has 0 saturated heterocycles. The largest absolute Gasteiger partial charge is 0.396 e. The van der Waals surface area contributed by atoms with Crippen LogP contribution in [0.3, 0.4) is 0 Å². The fourth-order valence-corrected chi connectivity index (χ4v) is 2.46. The van der Waals surface area contributed by atoms with Crippen molar-refractivity contribution in [1.82, 2.24) is 0 Å². The SMILES string of the molecule is Nc1cc(F)cc(C(=O)N2CCc3ccccc32)c1F. The number of benzene rings is 2. The zero-order valence-electron chi connectivity index (χ0n) is 10.6. The number of carbonyl (C=O) groups excluding carboxylic acids is 1. The number of halogens is 2. The molecule has 102 valence electrons. The first kappa shape index (κ1) is 12.6. The predicted octanol–water partition coefficient (Wildman–Crippen LogP) is 2.75. The second-order valence-electron chi connectivity index (χ2n) is 4.69. The molecule has 0 aliphatic carbocycles. The highest BCUT2D eigenvalue weighted by molar-refractivity contribution is 6.07. The van der Waals surface area contributed by atoms with Gasteiger partial charge in [0, 0.05) is 12.2 Å². The molecule has 0 fully saturated rings. The van der Waals surface area contributed by atoms with Gasteiger partial charge in [-0.2, -0.15) is 0 Å². The van der Waals surface area contributed by atoms with Crippen molar-refractivity contribution in [1.29, 1.82) is 0 Å². The van der Waals surface area contributed by atoms with Crippen LogP contribution in [0.25, 0.3) is 0 Å². The van der Waals surface area contributed by atoms with E-state index in [4.69, 9.17) is 5.73 Å². The van der Waals surface area contributed by atoms with Crippen molar-refractivity contribution in [3.05, 3.63) is 59.2 Å². The van der Waals surface area contributed by atoms with Crippen molar-refractivity contribution in [2.75, 3.05) is 17.2 Å². The molecule has 0 spiro atoms. The van der Waals surface area contributed by atoms with E-state index < -0.39 is 17.5 Å². The molecule has 3 rings (SSSR count). The van der Waals surface area contributed by atoms with E-state index in [-0.39, 0.29) is 11.3 Å². The highest BCUT2D eigenvalue weighted by Crippen LogP contribution is 2.30. The third-order valence-corrected chi connectivity index (χ3v) is 3.43. The molecule has 2 aromatic rings. The topological polar surface area (TPSA) is 46.3 Å². The van der Waals surface area contributed by atoms with Gasteiger partial charge in [0.05, 0.1) is 11.3 Å². The Bertz CT molecular complexity index is 700. The van der Waals surface area contributed by atoms with Crippen molar-refractivity contribution in [2.24, 2.45) is 0 Å². The Balaban J connectivity index is 2.03. The fourth-order valence-electron chi connectivity index (χ4n) is 2.46. The molecule has 1 aliphatic rings. The lowest BCUT2D eigenvalue weighted by Gasteiger charge is -2.18. The van der Waals surface area contributed by atoms with Gasteiger partial charge in [0.25, 0.3) is 5.91 Å². The molecule has 0 aromatic heterocycles. The lowest BCUT2D eigenvalue weighted by molar-refractivity contribution is 0.0985. The summed E-state index contributed by atoms with van der Waals surface area (Å²) in [6, 6.07) is 9.15. The second kappa shape index (κ2) is 4.59. The van der Waals surface area contributed by atoms with Crippen LogP contribution >= 0.6 is 0 Å². The van der Waals surface area contributed by atoms with Gasteiger partial charge in [-0.3, -0.25) is 4.79 Å². The Hall–Kier alpha value is -2.43. The quantitative estimate of drug-likeness (QED) is 0.813. The summed E-state index contributed by atoms with van der Waals surface area (Å²) in [7, 11) is 0. The predicted molar refractivity (Wildman–Crippen MR) is 72.6 cm³/mol. The van der Waals surface area contributed by atoms with Gasteiger partial charge in [-0.15, -0.1) is 0 Å².